The fourth-order valence-corrected chi connectivity index (χ4v) is 3.16. The Morgan fingerprint density at radius 3 is 1.53 bits per heavy atom. The zero-order valence-electron chi connectivity index (χ0n) is 11.4. The second kappa shape index (κ2) is 8.93. The second-order valence-electron chi connectivity index (χ2n) is 5.86. The summed E-state index contributed by atoms with van der Waals surface area (Å²) in [6, 6.07) is 0. The van der Waals surface area contributed by atoms with E-state index in [0.717, 1.165) is 13.0 Å². The number of aliphatic hydroxyl groups is 1. The Bertz CT molecular complexity index is 170. The molecule has 1 aliphatic rings. The molecule has 0 heterocycles. The Kier molecular flexibility index (Phi) is 7.87. The third-order valence-electron chi connectivity index (χ3n) is 4.49. The van der Waals surface area contributed by atoms with Crippen molar-refractivity contribution >= 4 is 0 Å². The smallest absolute Gasteiger partial charge is 0.0436 e. The van der Waals surface area contributed by atoms with Gasteiger partial charge in [-0.1, -0.05) is 57.8 Å². The van der Waals surface area contributed by atoms with Crippen LogP contribution in [0, 0.1) is 5.41 Å². The minimum atomic E-state index is 0.244. The van der Waals surface area contributed by atoms with Crippen molar-refractivity contribution in [3.8, 4) is 0 Å². The van der Waals surface area contributed by atoms with Crippen molar-refractivity contribution in [2.24, 2.45) is 11.1 Å². The van der Waals surface area contributed by atoms with Crippen LogP contribution in [0.1, 0.15) is 77.0 Å². The molecule has 0 aromatic heterocycles. The number of hydrogen-bond donors (Lipinski definition) is 2. The van der Waals surface area contributed by atoms with Crippen LogP contribution >= 0.6 is 0 Å². The summed E-state index contributed by atoms with van der Waals surface area (Å²) in [4.78, 5) is 0. The quantitative estimate of drug-likeness (QED) is 0.792. The largest absolute Gasteiger partial charge is 0.396 e. The molecule has 1 aliphatic carbocycles. The summed E-state index contributed by atoms with van der Waals surface area (Å²) in [5.74, 6) is 0. The SMILES string of the molecule is NCC1(CCO)CCCCCCCCCCC1. The lowest BCUT2D eigenvalue weighted by molar-refractivity contribution is 0.154. The molecule has 1 rings (SSSR count). The van der Waals surface area contributed by atoms with Gasteiger partial charge in [0.05, 0.1) is 0 Å². The Balaban J connectivity index is 2.45. The molecule has 1 fully saturated rings. The molecule has 0 bridgehead atoms. The lowest BCUT2D eigenvalue weighted by Crippen LogP contribution is -2.32. The summed E-state index contributed by atoms with van der Waals surface area (Å²) < 4.78 is 0. The van der Waals surface area contributed by atoms with Gasteiger partial charge in [0.2, 0.25) is 0 Å². The van der Waals surface area contributed by atoms with E-state index < -0.39 is 0 Å². The van der Waals surface area contributed by atoms with Gasteiger partial charge in [-0.3, -0.25) is 0 Å². The molecule has 1 saturated carbocycles. The average Bonchev–Trinajstić information content (AvgIpc) is 2.33. The van der Waals surface area contributed by atoms with Crippen LogP contribution in [0.4, 0.5) is 0 Å². The molecule has 0 unspecified atom stereocenters. The van der Waals surface area contributed by atoms with Crippen molar-refractivity contribution in [3.05, 3.63) is 0 Å². The van der Waals surface area contributed by atoms with Crippen LogP contribution in [0.2, 0.25) is 0 Å². The molecule has 2 nitrogen and oxygen atoms in total. The first-order valence-corrected chi connectivity index (χ1v) is 7.64. The summed E-state index contributed by atoms with van der Waals surface area (Å²) >= 11 is 0. The molecule has 2 heteroatoms. The van der Waals surface area contributed by atoms with Gasteiger partial charge in [0.15, 0.2) is 0 Å². The molecule has 0 aromatic rings. The van der Waals surface area contributed by atoms with E-state index in [1.807, 2.05) is 0 Å². The van der Waals surface area contributed by atoms with Crippen molar-refractivity contribution in [3.63, 3.8) is 0 Å². The van der Waals surface area contributed by atoms with Crippen molar-refractivity contribution < 1.29 is 5.11 Å². The highest BCUT2D eigenvalue weighted by Crippen LogP contribution is 2.34. The van der Waals surface area contributed by atoms with Crippen molar-refractivity contribution in [2.45, 2.75) is 77.0 Å². The van der Waals surface area contributed by atoms with Gasteiger partial charge in [0.1, 0.15) is 0 Å². The Labute approximate surface area is 107 Å². The molecular weight excluding hydrogens is 210 g/mol. The highest BCUT2D eigenvalue weighted by atomic mass is 16.3. The van der Waals surface area contributed by atoms with Crippen LogP contribution in [0.5, 0.6) is 0 Å². The van der Waals surface area contributed by atoms with E-state index in [-0.39, 0.29) is 5.41 Å². The number of aliphatic hydroxyl groups excluding tert-OH is 1. The van der Waals surface area contributed by atoms with Gasteiger partial charge in [0, 0.05) is 6.61 Å². The van der Waals surface area contributed by atoms with Gasteiger partial charge >= 0.3 is 0 Å². The van der Waals surface area contributed by atoms with Gasteiger partial charge in [-0.05, 0) is 31.2 Å². The average molecular weight is 241 g/mol. The maximum absolute atomic E-state index is 9.25. The van der Waals surface area contributed by atoms with Crippen LogP contribution < -0.4 is 5.73 Å². The van der Waals surface area contributed by atoms with E-state index in [2.05, 4.69) is 0 Å². The maximum Gasteiger partial charge on any atom is 0.0436 e. The molecule has 0 spiro atoms. The molecule has 102 valence electrons. The van der Waals surface area contributed by atoms with Gasteiger partial charge < -0.3 is 10.8 Å². The number of hydrogen-bond acceptors (Lipinski definition) is 2. The summed E-state index contributed by atoms with van der Waals surface area (Å²) in [7, 11) is 0. The monoisotopic (exact) mass is 241 g/mol. The first-order chi connectivity index (χ1) is 8.33. The number of nitrogens with two attached hydrogens (primary N) is 1. The molecule has 0 radical (unpaired) electrons. The fourth-order valence-electron chi connectivity index (χ4n) is 3.16. The highest BCUT2D eigenvalue weighted by molar-refractivity contribution is 4.80. The van der Waals surface area contributed by atoms with Crippen molar-refractivity contribution in [1.29, 1.82) is 0 Å². The lowest BCUT2D eigenvalue weighted by Gasteiger charge is -2.32. The predicted molar refractivity (Wildman–Crippen MR) is 74.0 cm³/mol. The third-order valence-corrected chi connectivity index (χ3v) is 4.49. The molecule has 0 amide bonds. The zero-order valence-corrected chi connectivity index (χ0v) is 11.4. The van der Waals surface area contributed by atoms with Crippen LogP contribution in [0.15, 0.2) is 0 Å². The maximum atomic E-state index is 9.25. The first-order valence-electron chi connectivity index (χ1n) is 7.64. The Morgan fingerprint density at radius 1 is 0.765 bits per heavy atom. The van der Waals surface area contributed by atoms with Gasteiger partial charge in [-0.15, -0.1) is 0 Å². The molecule has 0 aliphatic heterocycles. The molecule has 0 aromatic carbocycles. The second-order valence-corrected chi connectivity index (χ2v) is 5.86. The van der Waals surface area contributed by atoms with Crippen molar-refractivity contribution in [1.82, 2.24) is 0 Å². The minimum Gasteiger partial charge on any atom is -0.396 e. The summed E-state index contributed by atoms with van der Waals surface area (Å²) in [5.41, 5.74) is 6.24. The number of rotatable bonds is 3. The Morgan fingerprint density at radius 2 is 1.18 bits per heavy atom. The topological polar surface area (TPSA) is 46.2 Å². The van der Waals surface area contributed by atoms with Gasteiger partial charge in [0.25, 0.3) is 0 Å². The van der Waals surface area contributed by atoms with E-state index in [9.17, 15) is 5.11 Å². The van der Waals surface area contributed by atoms with E-state index in [0.29, 0.717) is 6.61 Å². The highest BCUT2D eigenvalue weighted by Gasteiger charge is 2.26. The summed E-state index contributed by atoms with van der Waals surface area (Å²) in [6.45, 7) is 1.06. The summed E-state index contributed by atoms with van der Waals surface area (Å²) in [5, 5.41) is 9.25. The zero-order chi connectivity index (χ0) is 12.4. The standard InChI is InChI=1S/C15H31NO/c16-14-15(12-13-17)10-8-6-4-2-1-3-5-7-9-11-15/h17H,1-14,16H2. The van der Waals surface area contributed by atoms with Crippen LogP contribution in [0.25, 0.3) is 0 Å². The van der Waals surface area contributed by atoms with E-state index in [4.69, 9.17) is 5.73 Å². The fraction of sp³-hybridized carbons (Fsp3) is 1.00. The van der Waals surface area contributed by atoms with E-state index in [1.54, 1.807) is 0 Å². The van der Waals surface area contributed by atoms with Crippen LogP contribution in [-0.2, 0) is 0 Å². The van der Waals surface area contributed by atoms with E-state index in [1.165, 1.54) is 70.6 Å². The Hall–Kier alpha value is -0.0800. The molecular formula is C15H31NO. The van der Waals surface area contributed by atoms with Crippen LogP contribution in [-0.4, -0.2) is 18.3 Å². The molecule has 0 atom stereocenters. The van der Waals surface area contributed by atoms with Gasteiger partial charge in [-0.2, -0.15) is 0 Å². The predicted octanol–water partition coefficient (Wildman–Crippen LogP) is 3.62. The van der Waals surface area contributed by atoms with Crippen molar-refractivity contribution in [2.75, 3.05) is 13.2 Å². The third kappa shape index (κ3) is 5.87. The molecule has 3 N–H and O–H groups in total. The first kappa shape index (κ1) is 15.0. The molecule has 17 heavy (non-hydrogen) atoms. The summed E-state index contributed by atoms with van der Waals surface area (Å²) in [6.07, 6.45) is 15.7. The normalized spacial score (nSPS) is 23.6. The lowest BCUT2D eigenvalue weighted by atomic mass is 9.75. The van der Waals surface area contributed by atoms with Crippen LogP contribution in [0.3, 0.4) is 0 Å². The minimum absolute atomic E-state index is 0.244. The van der Waals surface area contributed by atoms with E-state index >= 15 is 0 Å². The van der Waals surface area contributed by atoms with Gasteiger partial charge in [-0.25, -0.2) is 0 Å². The molecule has 0 saturated heterocycles.